The fraction of sp³-hybridized carbons (Fsp3) is 0.818. The lowest BCUT2D eigenvalue weighted by molar-refractivity contribution is -0.128. The monoisotopic (exact) mass is 261 g/mol. The van der Waals surface area contributed by atoms with E-state index in [-0.39, 0.29) is 18.4 Å². The largest absolute Gasteiger partial charge is 0.383 e. The highest BCUT2D eigenvalue weighted by Crippen LogP contribution is 1.82. The van der Waals surface area contributed by atoms with Crippen molar-refractivity contribution in [1.29, 1.82) is 0 Å². The van der Waals surface area contributed by atoms with E-state index in [4.69, 9.17) is 9.47 Å². The predicted octanol–water partition coefficient (Wildman–Crippen LogP) is -1.51. The molecule has 7 heteroatoms. The van der Waals surface area contributed by atoms with E-state index in [2.05, 4.69) is 16.0 Å². The van der Waals surface area contributed by atoms with Gasteiger partial charge in [-0.05, 0) is 6.92 Å². The number of hydrogen-bond acceptors (Lipinski definition) is 5. The SMILES string of the molecule is COCCNCC(=O)NC(C)C(=O)NCCOC. The summed E-state index contributed by atoms with van der Waals surface area (Å²) in [6.45, 7) is 3.82. The molecule has 1 atom stereocenters. The second-order valence-corrected chi connectivity index (χ2v) is 3.74. The van der Waals surface area contributed by atoms with Crippen LogP contribution in [0.5, 0.6) is 0 Å². The highest BCUT2D eigenvalue weighted by molar-refractivity contribution is 5.87. The molecular weight excluding hydrogens is 238 g/mol. The van der Waals surface area contributed by atoms with Crippen molar-refractivity contribution in [1.82, 2.24) is 16.0 Å². The summed E-state index contributed by atoms with van der Waals surface area (Å²) in [6, 6.07) is -0.557. The number of rotatable bonds is 10. The number of carbonyl (C=O) groups is 2. The minimum atomic E-state index is -0.557. The van der Waals surface area contributed by atoms with Crippen LogP contribution in [0.1, 0.15) is 6.92 Å². The summed E-state index contributed by atoms with van der Waals surface area (Å²) in [6.07, 6.45) is 0. The first-order valence-electron chi connectivity index (χ1n) is 5.87. The van der Waals surface area contributed by atoms with Gasteiger partial charge in [0.15, 0.2) is 0 Å². The molecule has 0 heterocycles. The molecule has 0 spiro atoms. The third-order valence-corrected chi connectivity index (χ3v) is 2.14. The third-order valence-electron chi connectivity index (χ3n) is 2.14. The van der Waals surface area contributed by atoms with Gasteiger partial charge in [-0.25, -0.2) is 0 Å². The van der Waals surface area contributed by atoms with E-state index in [9.17, 15) is 9.59 Å². The van der Waals surface area contributed by atoms with Crippen LogP contribution < -0.4 is 16.0 Å². The maximum absolute atomic E-state index is 11.5. The topological polar surface area (TPSA) is 88.7 Å². The van der Waals surface area contributed by atoms with Crippen LogP contribution in [0.25, 0.3) is 0 Å². The van der Waals surface area contributed by atoms with E-state index in [1.54, 1.807) is 21.1 Å². The van der Waals surface area contributed by atoms with Crippen LogP contribution in [0.4, 0.5) is 0 Å². The molecule has 0 aliphatic carbocycles. The van der Waals surface area contributed by atoms with Gasteiger partial charge in [-0.1, -0.05) is 0 Å². The van der Waals surface area contributed by atoms with Gasteiger partial charge in [0.05, 0.1) is 19.8 Å². The zero-order chi connectivity index (χ0) is 13.8. The van der Waals surface area contributed by atoms with Gasteiger partial charge in [0.1, 0.15) is 6.04 Å². The standard InChI is InChI=1S/C11H23N3O4/c1-9(11(16)13-5-7-18-3)14-10(15)8-12-4-6-17-2/h9,12H,4-8H2,1-3H3,(H,13,16)(H,14,15). The van der Waals surface area contributed by atoms with Crippen LogP contribution >= 0.6 is 0 Å². The fourth-order valence-electron chi connectivity index (χ4n) is 1.16. The zero-order valence-corrected chi connectivity index (χ0v) is 11.2. The molecule has 0 aromatic carbocycles. The van der Waals surface area contributed by atoms with Gasteiger partial charge in [-0.15, -0.1) is 0 Å². The van der Waals surface area contributed by atoms with E-state index in [1.807, 2.05) is 0 Å². The van der Waals surface area contributed by atoms with E-state index in [0.717, 1.165) is 0 Å². The second-order valence-electron chi connectivity index (χ2n) is 3.74. The van der Waals surface area contributed by atoms with E-state index in [0.29, 0.717) is 26.3 Å². The van der Waals surface area contributed by atoms with E-state index in [1.165, 1.54) is 0 Å². The quantitative estimate of drug-likeness (QED) is 0.416. The molecule has 106 valence electrons. The molecule has 0 fully saturated rings. The molecule has 1 unspecified atom stereocenters. The Balaban J connectivity index is 3.68. The lowest BCUT2D eigenvalue weighted by atomic mass is 10.3. The number of nitrogens with one attached hydrogen (secondary N) is 3. The van der Waals surface area contributed by atoms with Gasteiger partial charge in [0, 0.05) is 27.3 Å². The summed E-state index contributed by atoms with van der Waals surface area (Å²) in [4.78, 5) is 22.9. The molecule has 0 bridgehead atoms. The number of methoxy groups -OCH3 is 2. The average Bonchev–Trinajstić information content (AvgIpc) is 2.34. The normalized spacial score (nSPS) is 11.9. The lowest BCUT2D eigenvalue weighted by Crippen LogP contribution is -2.48. The molecule has 0 saturated heterocycles. The first-order valence-corrected chi connectivity index (χ1v) is 5.87. The third kappa shape index (κ3) is 8.91. The highest BCUT2D eigenvalue weighted by atomic mass is 16.5. The van der Waals surface area contributed by atoms with Gasteiger partial charge in [0.25, 0.3) is 0 Å². The maximum Gasteiger partial charge on any atom is 0.242 e. The second kappa shape index (κ2) is 10.9. The minimum Gasteiger partial charge on any atom is -0.383 e. The van der Waals surface area contributed by atoms with E-state index < -0.39 is 6.04 Å². The Morgan fingerprint density at radius 2 is 1.72 bits per heavy atom. The lowest BCUT2D eigenvalue weighted by Gasteiger charge is -2.14. The van der Waals surface area contributed by atoms with Crippen LogP contribution in [0.2, 0.25) is 0 Å². The molecule has 0 aliphatic rings. The Labute approximate surface area is 108 Å². The number of hydrogen-bond donors (Lipinski definition) is 3. The molecule has 18 heavy (non-hydrogen) atoms. The van der Waals surface area contributed by atoms with Crippen molar-refractivity contribution < 1.29 is 19.1 Å². The summed E-state index contributed by atoms with van der Waals surface area (Å²) >= 11 is 0. The first-order chi connectivity index (χ1) is 8.61. The summed E-state index contributed by atoms with van der Waals surface area (Å²) in [7, 11) is 3.15. The molecule has 0 rings (SSSR count). The molecule has 0 saturated carbocycles. The van der Waals surface area contributed by atoms with Gasteiger partial charge in [-0.2, -0.15) is 0 Å². The van der Waals surface area contributed by atoms with Crippen LogP contribution in [-0.2, 0) is 19.1 Å². The van der Waals surface area contributed by atoms with Crippen molar-refractivity contribution in [3.05, 3.63) is 0 Å². The summed E-state index contributed by atoms with van der Waals surface area (Å²) in [5, 5.41) is 8.13. The van der Waals surface area contributed by atoms with Gasteiger partial charge in [0.2, 0.25) is 11.8 Å². The number of carbonyl (C=O) groups excluding carboxylic acids is 2. The van der Waals surface area contributed by atoms with Crippen molar-refractivity contribution in [3.63, 3.8) is 0 Å². The van der Waals surface area contributed by atoms with Gasteiger partial charge >= 0.3 is 0 Å². The number of amides is 2. The predicted molar refractivity (Wildman–Crippen MR) is 67.2 cm³/mol. The van der Waals surface area contributed by atoms with Crippen molar-refractivity contribution in [2.24, 2.45) is 0 Å². The highest BCUT2D eigenvalue weighted by Gasteiger charge is 2.14. The summed E-state index contributed by atoms with van der Waals surface area (Å²) in [5.74, 6) is -0.446. The number of ether oxygens (including phenoxy) is 2. The van der Waals surface area contributed by atoms with Gasteiger partial charge in [-0.3, -0.25) is 9.59 Å². The zero-order valence-electron chi connectivity index (χ0n) is 11.2. The maximum atomic E-state index is 11.5. The Hall–Kier alpha value is -1.18. The molecule has 0 aromatic rings. The van der Waals surface area contributed by atoms with Crippen LogP contribution in [0, 0.1) is 0 Å². The van der Waals surface area contributed by atoms with Crippen molar-refractivity contribution in [2.75, 3.05) is 47.1 Å². The van der Waals surface area contributed by atoms with Gasteiger partial charge < -0.3 is 25.4 Å². The Kier molecular flexibility index (Phi) is 10.2. The molecule has 2 amide bonds. The Bertz CT molecular complexity index is 248. The van der Waals surface area contributed by atoms with Crippen molar-refractivity contribution >= 4 is 11.8 Å². The average molecular weight is 261 g/mol. The fourth-order valence-corrected chi connectivity index (χ4v) is 1.16. The van der Waals surface area contributed by atoms with Crippen LogP contribution in [0.3, 0.4) is 0 Å². The summed E-state index contributed by atoms with van der Waals surface area (Å²) < 4.78 is 9.63. The minimum absolute atomic E-state index is 0.166. The van der Waals surface area contributed by atoms with E-state index >= 15 is 0 Å². The smallest absolute Gasteiger partial charge is 0.242 e. The Morgan fingerprint density at radius 1 is 1.11 bits per heavy atom. The molecule has 7 nitrogen and oxygen atoms in total. The molecule has 3 N–H and O–H groups in total. The molecule has 0 aromatic heterocycles. The summed E-state index contributed by atoms with van der Waals surface area (Å²) in [5.41, 5.74) is 0. The Morgan fingerprint density at radius 3 is 2.33 bits per heavy atom. The first kappa shape index (κ1) is 16.8. The van der Waals surface area contributed by atoms with Crippen molar-refractivity contribution in [3.8, 4) is 0 Å². The molecular formula is C11H23N3O4. The molecule has 0 aliphatic heterocycles. The van der Waals surface area contributed by atoms with Crippen molar-refractivity contribution in [2.45, 2.75) is 13.0 Å². The molecule has 0 radical (unpaired) electrons. The van der Waals surface area contributed by atoms with Crippen LogP contribution in [-0.4, -0.2) is 64.9 Å². The van der Waals surface area contributed by atoms with Crippen LogP contribution in [0.15, 0.2) is 0 Å².